The van der Waals surface area contributed by atoms with Crippen LogP contribution in [-0.4, -0.2) is 19.2 Å². The number of hydrogen-bond acceptors (Lipinski definition) is 4. The number of aromatic nitrogens is 1. The molecule has 0 atom stereocenters. The van der Waals surface area contributed by atoms with Crippen LogP contribution >= 0.6 is 0 Å². The Labute approximate surface area is 111 Å². The summed E-state index contributed by atoms with van der Waals surface area (Å²) in [4.78, 5) is 3.58. The van der Waals surface area contributed by atoms with E-state index in [0.29, 0.717) is 18.0 Å². The molecule has 19 heavy (non-hydrogen) atoms. The van der Waals surface area contributed by atoms with Crippen molar-refractivity contribution in [2.75, 3.05) is 19.5 Å². The molecule has 1 N–H and O–H groups in total. The van der Waals surface area contributed by atoms with Gasteiger partial charge in [-0.15, -0.1) is 0 Å². The Morgan fingerprint density at radius 1 is 1.16 bits per heavy atom. The third-order valence-electron chi connectivity index (χ3n) is 2.69. The smallest absolute Gasteiger partial charge is 0.212 e. The zero-order chi connectivity index (χ0) is 13.7. The lowest BCUT2D eigenvalue weighted by Crippen LogP contribution is -2.03. The number of nitrogens with one attached hydrogen (secondary N) is 1. The number of pyridine rings is 1. The Morgan fingerprint density at radius 2 is 2.00 bits per heavy atom. The first-order chi connectivity index (χ1) is 9.24. The van der Waals surface area contributed by atoms with E-state index in [2.05, 4.69) is 10.3 Å². The molecule has 2 aromatic rings. The Kier molecular flexibility index (Phi) is 4.18. The van der Waals surface area contributed by atoms with Crippen LogP contribution in [-0.2, 0) is 6.54 Å². The summed E-state index contributed by atoms with van der Waals surface area (Å²) in [6.45, 7) is 0.535. The van der Waals surface area contributed by atoms with Crippen molar-refractivity contribution in [3.05, 3.63) is 48.0 Å². The molecule has 0 aliphatic heterocycles. The van der Waals surface area contributed by atoms with E-state index >= 15 is 0 Å². The topological polar surface area (TPSA) is 43.4 Å². The lowest BCUT2D eigenvalue weighted by atomic mass is 10.2. The van der Waals surface area contributed by atoms with Crippen LogP contribution in [0.15, 0.2) is 36.5 Å². The second-order valence-corrected chi connectivity index (χ2v) is 3.88. The number of ether oxygens (including phenoxy) is 2. The Morgan fingerprint density at radius 3 is 2.63 bits per heavy atom. The highest BCUT2D eigenvalue weighted by molar-refractivity contribution is 5.49. The van der Waals surface area contributed by atoms with Gasteiger partial charge in [-0.2, -0.15) is 4.39 Å². The molecule has 0 saturated heterocycles. The molecule has 0 saturated carbocycles. The van der Waals surface area contributed by atoms with Crippen molar-refractivity contribution in [1.29, 1.82) is 0 Å². The molecule has 2 rings (SSSR count). The SMILES string of the molecule is COc1cccc(CNc2ccc(F)nc2)c1OC. The number of halogens is 1. The van der Waals surface area contributed by atoms with E-state index in [0.717, 1.165) is 11.3 Å². The molecule has 0 radical (unpaired) electrons. The van der Waals surface area contributed by atoms with Gasteiger partial charge in [-0.3, -0.25) is 0 Å². The zero-order valence-corrected chi connectivity index (χ0v) is 10.8. The maximum Gasteiger partial charge on any atom is 0.212 e. The Hall–Kier alpha value is -2.30. The van der Waals surface area contributed by atoms with Gasteiger partial charge in [0.2, 0.25) is 5.95 Å². The summed E-state index contributed by atoms with van der Waals surface area (Å²) in [6.07, 6.45) is 1.45. The van der Waals surface area contributed by atoms with Gasteiger partial charge >= 0.3 is 0 Å². The number of rotatable bonds is 5. The molecular formula is C14H15FN2O2. The summed E-state index contributed by atoms with van der Waals surface area (Å²) in [5.74, 6) is 0.871. The zero-order valence-electron chi connectivity index (χ0n) is 10.8. The summed E-state index contributed by atoms with van der Waals surface area (Å²) in [7, 11) is 3.19. The Balaban J connectivity index is 2.13. The van der Waals surface area contributed by atoms with Crippen molar-refractivity contribution in [3.8, 4) is 11.5 Å². The minimum absolute atomic E-state index is 0.496. The lowest BCUT2D eigenvalue weighted by molar-refractivity contribution is 0.352. The highest BCUT2D eigenvalue weighted by Gasteiger charge is 2.08. The largest absolute Gasteiger partial charge is 0.493 e. The highest BCUT2D eigenvalue weighted by atomic mass is 19.1. The van der Waals surface area contributed by atoms with Crippen LogP contribution in [0.25, 0.3) is 0 Å². The number of para-hydroxylation sites is 1. The third-order valence-corrected chi connectivity index (χ3v) is 2.69. The van der Waals surface area contributed by atoms with Gasteiger partial charge in [-0.05, 0) is 18.2 Å². The second-order valence-electron chi connectivity index (χ2n) is 3.88. The van der Waals surface area contributed by atoms with Crippen molar-refractivity contribution >= 4 is 5.69 Å². The van der Waals surface area contributed by atoms with Gasteiger partial charge in [0.1, 0.15) is 0 Å². The monoisotopic (exact) mass is 262 g/mol. The molecule has 5 heteroatoms. The Bertz CT molecular complexity index is 544. The van der Waals surface area contributed by atoms with Gasteiger partial charge in [0.25, 0.3) is 0 Å². The molecule has 1 aromatic carbocycles. The van der Waals surface area contributed by atoms with Crippen molar-refractivity contribution < 1.29 is 13.9 Å². The predicted octanol–water partition coefficient (Wildman–Crippen LogP) is 2.85. The maximum absolute atomic E-state index is 12.7. The molecule has 1 heterocycles. The van der Waals surface area contributed by atoms with Crippen molar-refractivity contribution in [1.82, 2.24) is 4.98 Å². The summed E-state index contributed by atoms with van der Waals surface area (Å²) in [5.41, 5.74) is 1.69. The van der Waals surface area contributed by atoms with Crippen molar-refractivity contribution in [2.24, 2.45) is 0 Å². The van der Waals surface area contributed by atoms with Gasteiger partial charge in [0.15, 0.2) is 11.5 Å². The molecule has 0 spiro atoms. The molecule has 0 unspecified atom stereocenters. The van der Waals surface area contributed by atoms with E-state index in [-0.39, 0.29) is 0 Å². The molecule has 0 bridgehead atoms. The number of methoxy groups -OCH3 is 2. The lowest BCUT2D eigenvalue weighted by Gasteiger charge is -2.13. The van der Waals surface area contributed by atoms with E-state index in [9.17, 15) is 4.39 Å². The van der Waals surface area contributed by atoms with Crippen LogP contribution < -0.4 is 14.8 Å². The molecule has 0 aliphatic carbocycles. The van der Waals surface area contributed by atoms with E-state index in [1.165, 1.54) is 12.3 Å². The molecule has 100 valence electrons. The van der Waals surface area contributed by atoms with Crippen LogP contribution in [0.1, 0.15) is 5.56 Å². The third kappa shape index (κ3) is 3.13. The van der Waals surface area contributed by atoms with E-state index in [1.54, 1.807) is 20.3 Å². The highest BCUT2D eigenvalue weighted by Crippen LogP contribution is 2.31. The minimum Gasteiger partial charge on any atom is -0.493 e. The summed E-state index contributed by atoms with van der Waals surface area (Å²) in [6, 6.07) is 8.61. The maximum atomic E-state index is 12.7. The fourth-order valence-electron chi connectivity index (χ4n) is 1.77. The van der Waals surface area contributed by atoms with Crippen LogP contribution in [0.2, 0.25) is 0 Å². The first-order valence-electron chi connectivity index (χ1n) is 5.80. The summed E-state index contributed by atoms with van der Waals surface area (Å²) in [5, 5.41) is 3.15. The van der Waals surface area contributed by atoms with Gasteiger partial charge in [0.05, 0.1) is 26.1 Å². The molecular weight excluding hydrogens is 247 g/mol. The molecule has 4 nitrogen and oxygen atoms in total. The van der Waals surface area contributed by atoms with Crippen molar-refractivity contribution in [2.45, 2.75) is 6.54 Å². The predicted molar refractivity (Wildman–Crippen MR) is 71.1 cm³/mol. The van der Waals surface area contributed by atoms with Crippen LogP contribution in [0.3, 0.4) is 0 Å². The first kappa shape index (κ1) is 13.1. The van der Waals surface area contributed by atoms with Gasteiger partial charge in [-0.25, -0.2) is 4.98 Å². The van der Waals surface area contributed by atoms with Gasteiger partial charge in [-0.1, -0.05) is 12.1 Å². The fourth-order valence-corrected chi connectivity index (χ4v) is 1.77. The van der Waals surface area contributed by atoms with Crippen LogP contribution in [0.4, 0.5) is 10.1 Å². The van der Waals surface area contributed by atoms with Gasteiger partial charge < -0.3 is 14.8 Å². The number of hydrogen-bond donors (Lipinski definition) is 1. The average molecular weight is 262 g/mol. The normalized spacial score (nSPS) is 10.1. The first-order valence-corrected chi connectivity index (χ1v) is 5.80. The fraction of sp³-hybridized carbons (Fsp3) is 0.214. The summed E-state index contributed by atoms with van der Waals surface area (Å²) >= 11 is 0. The molecule has 0 fully saturated rings. The number of benzene rings is 1. The van der Waals surface area contributed by atoms with Gasteiger partial charge in [0, 0.05) is 12.1 Å². The number of anilines is 1. The van der Waals surface area contributed by atoms with Crippen molar-refractivity contribution in [3.63, 3.8) is 0 Å². The molecule has 0 aliphatic rings. The van der Waals surface area contributed by atoms with Crippen LogP contribution in [0, 0.1) is 5.95 Å². The minimum atomic E-state index is -0.496. The van der Waals surface area contributed by atoms with E-state index < -0.39 is 5.95 Å². The standard InChI is InChI=1S/C14H15FN2O2/c1-18-12-5-3-4-10(14(12)19-2)8-16-11-6-7-13(15)17-9-11/h3-7,9,16H,8H2,1-2H3. The quantitative estimate of drug-likeness (QED) is 0.841. The van der Waals surface area contributed by atoms with Crippen LogP contribution in [0.5, 0.6) is 11.5 Å². The molecule has 0 amide bonds. The van der Waals surface area contributed by atoms with E-state index in [1.807, 2.05) is 18.2 Å². The van der Waals surface area contributed by atoms with E-state index in [4.69, 9.17) is 9.47 Å². The number of nitrogens with zero attached hydrogens (tertiary/aromatic N) is 1. The molecule has 1 aromatic heterocycles. The second kappa shape index (κ2) is 6.04. The average Bonchev–Trinajstić information content (AvgIpc) is 2.46. The summed E-state index contributed by atoms with van der Waals surface area (Å²) < 4.78 is 23.3.